The van der Waals surface area contributed by atoms with Gasteiger partial charge >= 0.3 is 5.97 Å². The minimum absolute atomic E-state index is 0.0197. The summed E-state index contributed by atoms with van der Waals surface area (Å²) in [4.78, 5) is 10.0. The molecule has 0 saturated carbocycles. The minimum Gasteiger partial charge on any atom is -0.419 e. The van der Waals surface area contributed by atoms with Crippen molar-refractivity contribution in [1.29, 1.82) is 0 Å². The lowest BCUT2D eigenvalue weighted by molar-refractivity contribution is -0.138. The van der Waals surface area contributed by atoms with Crippen molar-refractivity contribution in [3.63, 3.8) is 0 Å². The van der Waals surface area contributed by atoms with Gasteiger partial charge in [-0.15, -0.1) is 0 Å². The van der Waals surface area contributed by atoms with Crippen molar-refractivity contribution in [2.75, 3.05) is 6.61 Å². The predicted molar refractivity (Wildman–Crippen MR) is 21.7 cm³/mol. The van der Waals surface area contributed by atoms with Gasteiger partial charge in [-0.3, -0.25) is 0 Å². The number of cyclic esters (lactones) is 1. The molecule has 0 radical (unpaired) electrons. The summed E-state index contributed by atoms with van der Waals surface area (Å²) >= 11 is 5.14. The molecule has 1 atom stereocenters. The van der Waals surface area contributed by atoms with Crippen molar-refractivity contribution in [3.8, 4) is 0 Å². The van der Waals surface area contributed by atoms with Crippen molar-refractivity contribution >= 4 is 17.6 Å². The van der Waals surface area contributed by atoms with Crippen LogP contribution in [0.5, 0.6) is 0 Å². The zero-order valence-corrected chi connectivity index (χ0v) is 4.14. The van der Waals surface area contributed by atoms with Gasteiger partial charge in [-0.2, -0.15) is 0 Å². The second-order valence-electron chi connectivity index (χ2n) is 1.08. The Morgan fingerprint density at radius 3 is 2.71 bits per heavy atom. The topological polar surface area (TPSA) is 35.5 Å². The highest BCUT2D eigenvalue weighted by atomic mass is 35.5. The van der Waals surface area contributed by atoms with E-state index in [0.29, 0.717) is 0 Å². The van der Waals surface area contributed by atoms with E-state index in [1.807, 2.05) is 0 Å². The van der Waals surface area contributed by atoms with Crippen LogP contribution < -0.4 is 0 Å². The Balaban J connectivity index is 2.40. The molecule has 1 aliphatic heterocycles. The molecule has 1 aliphatic rings. The van der Waals surface area contributed by atoms with Crippen molar-refractivity contribution in [2.45, 2.75) is 5.75 Å². The van der Waals surface area contributed by atoms with Gasteiger partial charge < -0.3 is 9.47 Å². The number of alkyl halides is 1. The molecule has 3 nitrogen and oxygen atoms in total. The minimum atomic E-state index is -0.854. The van der Waals surface area contributed by atoms with E-state index >= 15 is 0 Å². The first-order valence-corrected chi connectivity index (χ1v) is 2.18. The molecule has 1 rings (SSSR count). The lowest BCUT2D eigenvalue weighted by Gasteiger charge is -1.91. The maximum absolute atomic E-state index is 10.0. The van der Waals surface area contributed by atoms with E-state index in [-0.39, 0.29) is 6.61 Å². The molecule has 40 valence electrons. The van der Waals surface area contributed by atoms with Crippen LogP contribution in [0.2, 0.25) is 0 Å². The normalized spacial score (nSPS) is 30.4. The zero-order chi connectivity index (χ0) is 5.28. The second-order valence-corrected chi connectivity index (χ2v) is 1.43. The predicted octanol–water partition coefficient (Wildman–Crippen LogP) is 0.0822. The first-order chi connectivity index (χ1) is 3.29. The summed E-state index contributed by atoms with van der Waals surface area (Å²) in [7, 11) is 0. The van der Waals surface area contributed by atoms with E-state index in [9.17, 15) is 4.79 Å². The number of carbonyl (C=O) groups is 1. The van der Waals surface area contributed by atoms with Crippen molar-refractivity contribution in [3.05, 3.63) is 0 Å². The summed E-state index contributed by atoms with van der Waals surface area (Å²) in [6.07, 6.45) is 0. The van der Waals surface area contributed by atoms with Crippen LogP contribution in [-0.4, -0.2) is 18.3 Å². The van der Waals surface area contributed by atoms with Gasteiger partial charge in [0.1, 0.15) is 6.61 Å². The molecule has 0 N–H and O–H groups in total. The third-order valence-electron chi connectivity index (χ3n) is 0.556. The molecule has 0 aromatic rings. The Morgan fingerprint density at radius 2 is 2.57 bits per heavy atom. The monoisotopic (exact) mass is 122 g/mol. The van der Waals surface area contributed by atoms with Gasteiger partial charge in [0.2, 0.25) is 0 Å². The highest BCUT2D eigenvalue weighted by Crippen LogP contribution is 2.07. The molecule has 1 heterocycles. The van der Waals surface area contributed by atoms with E-state index in [4.69, 9.17) is 11.6 Å². The fraction of sp³-hybridized carbons (Fsp3) is 0.667. The summed E-state index contributed by atoms with van der Waals surface area (Å²) in [5.41, 5.74) is 0. The van der Waals surface area contributed by atoms with Gasteiger partial charge in [-0.25, -0.2) is 4.79 Å². The Bertz CT molecular complexity index is 92.2. The van der Waals surface area contributed by atoms with Gasteiger partial charge in [0.15, 0.2) is 0 Å². The molecule has 0 amide bonds. The largest absolute Gasteiger partial charge is 0.419 e. The van der Waals surface area contributed by atoms with Crippen LogP contribution in [0.3, 0.4) is 0 Å². The summed E-state index contributed by atoms with van der Waals surface area (Å²) in [5, 5.41) is 0. The Labute approximate surface area is 45.2 Å². The average molecular weight is 123 g/mol. The molecule has 0 bridgehead atoms. The number of ether oxygens (including phenoxy) is 2. The van der Waals surface area contributed by atoms with Gasteiger partial charge in [-0.1, -0.05) is 0 Å². The van der Waals surface area contributed by atoms with Crippen LogP contribution >= 0.6 is 11.6 Å². The molecule has 1 saturated heterocycles. The van der Waals surface area contributed by atoms with Crippen molar-refractivity contribution in [1.82, 2.24) is 0 Å². The number of esters is 1. The summed E-state index contributed by atoms with van der Waals surface area (Å²) in [5.74, 6) is -1.26. The Morgan fingerprint density at radius 1 is 1.86 bits per heavy atom. The molecule has 4 heteroatoms. The van der Waals surface area contributed by atoms with Gasteiger partial charge in [-0.05, 0) is 11.6 Å². The fourth-order valence-electron chi connectivity index (χ4n) is 0.305. The van der Waals surface area contributed by atoms with Crippen molar-refractivity contribution < 1.29 is 14.3 Å². The number of hydrogen-bond acceptors (Lipinski definition) is 3. The zero-order valence-electron chi connectivity index (χ0n) is 3.39. The van der Waals surface area contributed by atoms with E-state index in [0.717, 1.165) is 0 Å². The number of rotatable bonds is 0. The van der Waals surface area contributed by atoms with Gasteiger partial charge in [0.05, 0.1) is 0 Å². The Hall–Kier alpha value is -0.280. The van der Waals surface area contributed by atoms with Crippen LogP contribution in [0, 0.1) is 0 Å². The molecular formula is C3H3ClO3. The number of hydrogen-bond donors (Lipinski definition) is 0. The summed E-state index contributed by atoms with van der Waals surface area (Å²) in [6, 6.07) is 0. The van der Waals surface area contributed by atoms with Crippen LogP contribution in [0.15, 0.2) is 0 Å². The molecule has 0 spiro atoms. The lowest BCUT2D eigenvalue weighted by Crippen LogP contribution is -1.97. The van der Waals surface area contributed by atoms with Crippen LogP contribution in [0.4, 0.5) is 0 Å². The molecule has 0 aliphatic carbocycles. The average Bonchev–Trinajstić information content (AvgIpc) is 1.87. The van der Waals surface area contributed by atoms with Crippen LogP contribution in [0.25, 0.3) is 0 Å². The molecule has 0 aromatic heterocycles. The highest BCUT2D eigenvalue weighted by molar-refractivity contribution is 6.19. The van der Waals surface area contributed by atoms with Crippen molar-refractivity contribution in [2.24, 2.45) is 0 Å². The van der Waals surface area contributed by atoms with E-state index < -0.39 is 11.7 Å². The first-order valence-electron chi connectivity index (χ1n) is 1.74. The van der Waals surface area contributed by atoms with E-state index in [1.54, 1.807) is 0 Å². The highest BCUT2D eigenvalue weighted by Gasteiger charge is 2.20. The van der Waals surface area contributed by atoms with Gasteiger partial charge in [0, 0.05) is 0 Å². The molecule has 1 unspecified atom stereocenters. The Kier molecular flexibility index (Phi) is 1.17. The van der Waals surface area contributed by atoms with Crippen LogP contribution in [0.1, 0.15) is 0 Å². The van der Waals surface area contributed by atoms with E-state index in [2.05, 4.69) is 9.47 Å². The maximum atomic E-state index is 10.0. The second kappa shape index (κ2) is 1.68. The quantitative estimate of drug-likeness (QED) is 0.337. The summed E-state index contributed by atoms with van der Waals surface area (Å²) in [6.45, 7) is -0.0197. The molecule has 1 fully saturated rings. The standard InChI is InChI=1S/C3H3ClO3/c4-3-6-1-2(5)7-3/h3H,1H2. The molecular weight excluding hydrogens is 119 g/mol. The number of carbonyl (C=O) groups excluding carboxylic acids is 1. The fourth-order valence-corrected chi connectivity index (χ4v) is 0.467. The lowest BCUT2D eigenvalue weighted by atomic mass is 10.8. The summed E-state index contributed by atoms with van der Waals surface area (Å²) < 4.78 is 8.72. The third-order valence-corrected chi connectivity index (χ3v) is 0.771. The molecule has 0 aromatic carbocycles. The van der Waals surface area contributed by atoms with E-state index in [1.165, 1.54) is 0 Å². The third kappa shape index (κ3) is 1.04. The molecule has 7 heavy (non-hydrogen) atoms. The van der Waals surface area contributed by atoms with Crippen LogP contribution in [-0.2, 0) is 14.3 Å². The smallest absolute Gasteiger partial charge is 0.335 e. The van der Waals surface area contributed by atoms with Gasteiger partial charge in [0.25, 0.3) is 5.75 Å². The maximum Gasteiger partial charge on any atom is 0.335 e. The first kappa shape index (κ1) is 4.87. The number of halogens is 1. The SMILES string of the molecule is O=C1COC(Cl)O1.